The van der Waals surface area contributed by atoms with Crippen molar-refractivity contribution in [1.29, 1.82) is 0 Å². The van der Waals surface area contributed by atoms with E-state index in [2.05, 4.69) is 20.0 Å². The summed E-state index contributed by atoms with van der Waals surface area (Å²) in [6, 6.07) is 13.1. The van der Waals surface area contributed by atoms with Crippen LogP contribution in [0, 0.1) is 0 Å². The maximum Gasteiger partial charge on any atom is 0.387 e. The molecule has 0 saturated carbocycles. The third-order valence-corrected chi connectivity index (χ3v) is 4.76. The van der Waals surface area contributed by atoms with E-state index in [9.17, 15) is 23.1 Å². The molecular formula is C23H22F3N3O3. The lowest BCUT2D eigenvalue weighted by Crippen LogP contribution is -2.16. The van der Waals surface area contributed by atoms with E-state index in [1.807, 2.05) is 0 Å². The highest BCUT2D eigenvalue weighted by Gasteiger charge is 2.19. The highest BCUT2D eigenvalue weighted by molar-refractivity contribution is 5.86. The van der Waals surface area contributed by atoms with Crippen molar-refractivity contribution in [1.82, 2.24) is 9.97 Å². The summed E-state index contributed by atoms with van der Waals surface area (Å²) in [4.78, 5) is 20.6. The van der Waals surface area contributed by atoms with E-state index in [1.54, 1.807) is 48.8 Å². The minimum atomic E-state index is -2.88. The van der Waals surface area contributed by atoms with E-state index in [4.69, 9.17) is 0 Å². The number of nitrogens with one attached hydrogen (secondary N) is 1. The zero-order valence-corrected chi connectivity index (χ0v) is 17.0. The van der Waals surface area contributed by atoms with E-state index in [0.29, 0.717) is 22.8 Å². The van der Waals surface area contributed by atoms with Crippen LogP contribution in [0.2, 0.25) is 0 Å². The summed E-state index contributed by atoms with van der Waals surface area (Å²) in [5.41, 5.74) is 2.78. The first kappa shape index (κ1) is 23.2. The molecule has 0 aliphatic carbocycles. The standard InChI is InChI=1S/C23H22F3N3O3/c24-11-1-2-21(31)20(14-30)16-3-7-18(8-4-16)29-23-27-12-17(13-28-23)15-5-9-19(10-6-15)32-22(25)26/h3-10,12-13,20,22,30H,1-2,11,14H2,(H,27,28,29). The number of halogens is 3. The van der Waals surface area contributed by atoms with Gasteiger partial charge in [0.05, 0.1) is 19.2 Å². The van der Waals surface area contributed by atoms with Gasteiger partial charge in [-0.1, -0.05) is 24.3 Å². The highest BCUT2D eigenvalue weighted by Crippen LogP contribution is 2.24. The van der Waals surface area contributed by atoms with Crippen LogP contribution in [0.4, 0.5) is 24.8 Å². The summed E-state index contributed by atoms with van der Waals surface area (Å²) in [6.07, 6.45) is 3.43. The molecule has 0 saturated heterocycles. The fourth-order valence-corrected chi connectivity index (χ4v) is 3.11. The Balaban J connectivity index is 1.63. The molecule has 9 heteroatoms. The lowest BCUT2D eigenvalue weighted by atomic mass is 9.93. The third-order valence-electron chi connectivity index (χ3n) is 4.76. The van der Waals surface area contributed by atoms with Crippen molar-refractivity contribution in [2.75, 3.05) is 18.6 Å². The summed E-state index contributed by atoms with van der Waals surface area (Å²) in [5, 5.41) is 12.6. The molecule has 0 aliphatic rings. The Bertz CT molecular complexity index is 998. The minimum absolute atomic E-state index is 0.0685. The Morgan fingerprint density at radius 1 is 1.00 bits per heavy atom. The smallest absolute Gasteiger partial charge is 0.387 e. The molecule has 2 aromatic carbocycles. The maximum atomic E-state index is 12.3. The number of aliphatic hydroxyl groups excluding tert-OH is 1. The van der Waals surface area contributed by atoms with Crippen LogP contribution in [0.1, 0.15) is 24.3 Å². The molecule has 2 N–H and O–H groups in total. The zero-order valence-electron chi connectivity index (χ0n) is 17.0. The van der Waals surface area contributed by atoms with Crippen LogP contribution in [0.5, 0.6) is 5.75 Å². The summed E-state index contributed by atoms with van der Waals surface area (Å²) in [7, 11) is 0. The topological polar surface area (TPSA) is 84.3 Å². The van der Waals surface area contributed by atoms with Gasteiger partial charge < -0.3 is 15.2 Å². The Morgan fingerprint density at radius 2 is 1.66 bits per heavy atom. The van der Waals surface area contributed by atoms with Crippen LogP contribution < -0.4 is 10.1 Å². The van der Waals surface area contributed by atoms with Crippen LogP contribution in [0.15, 0.2) is 60.9 Å². The van der Waals surface area contributed by atoms with E-state index >= 15 is 0 Å². The Morgan fingerprint density at radius 3 is 2.22 bits per heavy atom. The average Bonchev–Trinajstić information content (AvgIpc) is 2.80. The molecule has 3 rings (SSSR count). The van der Waals surface area contributed by atoms with Crippen LogP contribution in [-0.2, 0) is 4.79 Å². The number of Topliss-reactive ketones (excluding diaryl/α,β-unsaturated/α-hetero) is 1. The Kier molecular flexibility index (Phi) is 8.15. The number of aromatic nitrogens is 2. The monoisotopic (exact) mass is 445 g/mol. The van der Waals surface area contributed by atoms with Crippen LogP contribution >= 0.6 is 0 Å². The zero-order chi connectivity index (χ0) is 22.9. The normalized spacial score (nSPS) is 11.9. The number of aliphatic hydroxyl groups is 1. The average molecular weight is 445 g/mol. The number of rotatable bonds is 11. The van der Waals surface area contributed by atoms with Gasteiger partial charge in [0, 0.05) is 30.1 Å². The first-order valence-corrected chi connectivity index (χ1v) is 9.94. The fourth-order valence-electron chi connectivity index (χ4n) is 3.11. The molecule has 168 valence electrons. The highest BCUT2D eigenvalue weighted by atomic mass is 19.3. The first-order chi connectivity index (χ1) is 15.5. The van der Waals surface area contributed by atoms with Gasteiger partial charge in [0.25, 0.3) is 0 Å². The quantitative estimate of drug-likeness (QED) is 0.438. The van der Waals surface area contributed by atoms with Crippen molar-refractivity contribution in [3.8, 4) is 16.9 Å². The summed E-state index contributed by atoms with van der Waals surface area (Å²) in [5.74, 6) is -0.460. The number of hydrogen-bond acceptors (Lipinski definition) is 6. The van der Waals surface area contributed by atoms with Gasteiger partial charge in [-0.3, -0.25) is 9.18 Å². The Hall–Kier alpha value is -3.46. The van der Waals surface area contributed by atoms with Crippen molar-refractivity contribution in [2.24, 2.45) is 0 Å². The number of alkyl halides is 3. The molecule has 32 heavy (non-hydrogen) atoms. The second-order valence-electron chi connectivity index (χ2n) is 6.94. The molecule has 0 radical (unpaired) electrons. The van der Waals surface area contributed by atoms with Crippen LogP contribution in [-0.4, -0.2) is 40.8 Å². The van der Waals surface area contributed by atoms with Gasteiger partial charge in [-0.15, -0.1) is 0 Å². The number of carbonyl (C=O) groups is 1. The number of ketones is 1. The van der Waals surface area contributed by atoms with Gasteiger partial charge in [-0.2, -0.15) is 8.78 Å². The van der Waals surface area contributed by atoms with Gasteiger partial charge >= 0.3 is 6.61 Å². The van der Waals surface area contributed by atoms with E-state index in [1.165, 1.54) is 12.1 Å². The molecule has 6 nitrogen and oxygen atoms in total. The number of hydrogen-bond donors (Lipinski definition) is 2. The second kappa shape index (κ2) is 11.2. The Labute approximate surface area is 183 Å². The van der Waals surface area contributed by atoms with E-state index in [0.717, 1.165) is 5.56 Å². The van der Waals surface area contributed by atoms with Crippen molar-refractivity contribution < 1.29 is 27.8 Å². The SMILES string of the molecule is O=C(CCCF)C(CO)c1ccc(Nc2ncc(-c3ccc(OC(F)F)cc3)cn2)cc1. The molecule has 0 amide bonds. The number of anilines is 2. The number of carbonyl (C=O) groups excluding carboxylic acids is 1. The van der Waals surface area contributed by atoms with E-state index in [-0.39, 0.29) is 31.0 Å². The van der Waals surface area contributed by atoms with Crippen molar-refractivity contribution in [3.05, 3.63) is 66.5 Å². The molecule has 1 unspecified atom stereocenters. The molecular weight excluding hydrogens is 423 g/mol. The molecule has 0 fully saturated rings. The predicted molar refractivity (Wildman–Crippen MR) is 114 cm³/mol. The summed E-state index contributed by atoms with van der Waals surface area (Å²) < 4.78 is 41.1. The fraction of sp³-hybridized carbons (Fsp3) is 0.261. The van der Waals surface area contributed by atoms with Gasteiger partial charge in [-0.05, 0) is 41.8 Å². The largest absolute Gasteiger partial charge is 0.435 e. The summed E-state index contributed by atoms with van der Waals surface area (Å²) >= 11 is 0. The van der Waals surface area contributed by atoms with Gasteiger partial charge in [0.2, 0.25) is 5.95 Å². The molecule has 1 aromatic heterocycles. The molecule has 1 heterocycles. The lowest BCUT2D eigenvalue weighted by molar-refractivity contribution is -0.121. The van der Waals surface area contributed by atoms with E-state index < -0.39 is 19.2 Å². The van der Waals surface area contributed by atoms with Gasteiger partial charge in [0.1, 0.15) is 11.5 Å². The number of benzene rings is 2. The molecule has 3 aromatic rings. The lowest BCUT2D eigenvalue weighted by Gasteiger charge is -2.14. The summed E-state index contributed by atoms with van der Waals surface area (Å²) in [6.45, 7) is -3.78. The van der Waals surface area contributed by atoms with Crippen molar-refractivity contribution >= 4 is 17.4 Å². The van der Waals surface area contributed by atoms with Crippen LogP contribution in [0.3, 0.4) is 0 Å². The molecule has 1 atom stereocenters. The van der Waals surface area contributed by atoms with Crippen molar-refractivity contribution in [3.63, 3.8) is 0 Å². The predicted octanol–water partition coefficient (Wildman–Crippen LogP) is 4.88. The number of nitrogens with zero attached hydrogens (tertiary/aromatic N) is 2. The first-order valence-electron chi connectivity index (χ1n) is 9.94. The number of ether oxygens (including phenoxy) is 1. The second-order valence-corrected chi connectivity index (χ2v) is 6.94. The van der Waals surface area contributed by atoms with Crippen molar-refractivity contribution in [2.45, 2.75) is 25.4 Å². The molecule has 0 bridgehead atoms. The van der Waals surface area contributed by atoms with Crippen LogP contribution in [0.25, 0.3) is 11.1 Å². The van der Waals surface area contributed by atoms with Gasteiger partial charge in [0.15, 0.2) is 0 Å². The maximum absolute atomic E-state index is 12.3. The minimum Gasteiger partial charge on any atom is -0.435 e. The third kappa shape index (κ3) is 6.27. The molecule has 0 aliphatic heterocycles. The molecule has 0 spiro atoms. The van der Waals surface area contributed by atoms with Gasteiger partial charge in [-0.25, -0.2) is 9.97 Å².